The number of nitrogens with zero attached hydrogens (tertiary/aromatic N) is 7. The van der Waals surface area contributed by atoms with Crippen molar-refractivity contribution in [1.29, 1.82) is 0 Å². The van der Waals surface area contributed by atoms with Crippen LogP contribution in [0.25, 0.3) is 0 Å². The molecule has 2 aliphatic heterocycles. The lowest BCUT2D eigenvalue weighted by atomic mass is 10.2. The monoisotopic (exact) mass is 554 g/mol. The zero-order chi connectivity index (χ0) is 22.4. The molecule has 4 heterocycles. The number of amides is 1. The second-order valence-corrected chi connectivity index (χ2v) is 9.49. The lowest BCUT2D eigenvalue weighted by molar-refractivity contribution is -0.129. The van der Waals surface area contributed by atoms with Crippen molar-refractivity contribution in [3.05, 3.63) is 33.7 Å². The van der Waals surface area contributed by atoms with Gasteiger partial charge in [0.05, 0.1) is 8.95 Å². The highest BCUT2D eigenvalue weighted by atomic mass is 79.9. The molecule has 4 rings (SSSR count). The van der Waals surface area contributed by atoms with E-state index in [2.05, 4.69) is 80.8 Å². The van der Waals surface area contributed by atoms with Gasteiger partial charge in [0.25, 0.3) is 0 Å². The Morgan fingerprint density at radius 1 is 0.903 bits per heavy atom. The standard InChI is InChI=1S/C11H15BrN4O.C9H13BrN4/c1-8-7-15(9(2)17)3-4-16(8)11-13-5-10(12)6-14-11;1-7-4-11-2-3-14(7)9-12-5-8(10)6-13-9/h5-6,8H,3-4,7H2,1-2H3;5-7,11H,2-4H2,1H3/t8-;7-/m00/s1. The molecule has 2 fully saturated rings. The third kappa shape index (κ3) is 6.56. The van der Waals surface area contributed by atoms with E-state index < -0.39 is 0 Å². The number of hydrogen-bond donors (Lipinski definition) is 1. The number of hydrogen-bond acceptors (Lipinski definition) is 8. The maximum Gasteiger partial charge on any atom is 0.225 e. The minimum Gasteiger partial charge on any atom is -0.339 e. The van der Waals surface area contributed by atoms with Crippen LogP contribution in [0.5, 0.6) is 0 Å². The fourth-order valence-corrected chi connectivity index (χ4v) is 4.00. The molecule has 0 unspecified atom stereocenters. The Bertz CT molecular complexity index is 851. The number of nitrogens with one attached hydrogen (secondary N) is 1. The molecule has 2 aromatic rings. The number of anilines is 2. The summed E-state index contributed by atoms with van der Waals surface area (Å²) in [4.78, 5) is 34.7. The zero-order valence-electron chi connectivity index (χ0n) is 18.0. The summed E-state index contributed by atoms with van der Waals surface area (Å²) >= 11 is 6.65. The van der Waals surface area contributed by atoms with E-state index in [9.17, 15) is 4.79 Å². The summed E-state index contributed by atoms with van der Waals surface area (Å²) in [5, 5.41) is 3.34. The average Bonchev–Trinajstić information content (AvgIpc) is 2.76. The first-order chi connectivity index (χ1) is 14.8. The predicted octanol–water partition coefficient (Wildman–Crippen LogP) is 2.33. The summed E-state index contributed by atoms with van der Waals surface area (Å²) in [7, 11) is 0. The fraction of sp³-hybridized carbons (Fsp3) is 0.550. The molecule has 0 saturated carbocycles. The van der Waals surface area contributed by atoms with E-state index in [0.29, 0.717) is 6.04 Å². The molecule has 11 heteroatoms. The summed E-state index contributed by atoms with van der Waals surface area (Å²) in [5.74, 6) is 1.68. The second-order valence-electron chi connectivity index (χ2n) is 7.66. The molecule has 0 radical (unpaired) electrons. The van der Waals surface area contributed by atoms with E-state index in [-0.39, 0.29) is 11.9 Å². The molecule has 2 saturated heterocycles. The van der Waals surface area contributed by atoms with Crippen LogP contribution in [0, 0.1) is 0 Å². The van der Waals surface area contributed by atoms with E-state index in [4.69, 9.17) is 0 Å². The van der Waals surface area contributed by atoms with Crippen molar-refractivity contribution in [3.8, 4) is 0 Å². The molecule has 0 aliphatic carbocycles. The quantitative estimate of drug-likeness (QED) is 0.604. The van der Waals surface area contributed by atoms with Gasteiger partial charge in [-0.25, -0.2) is 19.9 Å². The van der Waals surface area contributed by atoms with Gasteiger partial charge >= 0.3 is 0 Å². The number of rotatable bonds is 2. The van der Waals surface area contributed by atoms with Crippen LogP contribution in [0.4, 0.5) is 11.9 Å². The lowest BCUT2D eigenvalue weighted by Gasteiger charge is -2.39. The highest BCUT2D eigenvalue weighted by Crippen LogP contribution is 2.17. The van der Waals surface area contributed by atoms with Gasteiger partial charge in [0.1, 0.15) is 0 Å². The van der Waals surface area contributed by atoms with Gasteiger partial charge in [-0.15, -0.1) is 0 Å². The molecular weight excluding hydrogens is 528 g/mol. The van der Waals surface area contributed by atoms with Crippen molar-refractivity contribution in [3.63, 3.8) is 0 Å². The maximum absolute atomic E-state index is 11.3. The summed E-state index contributed by atoms with van der Waals surface area (Å²) in [6, 6.07) is 0.707. The zero-order valence-corrected chi connectivity index (χ0v) is 21.2. The van der Waals surface area contributed by atoms with E-state index in [1.54, 1.807) is 31.7 Å². The van der Waals surface area contributed by atoms with Crippen LogP contribution in [0.3, 0.4) is 0 Å². The molecule has 31 heavy (non-hydrogen) atoms. The Balaban J connectivity index is 0.000000179. The van der Waals surface area contributed by atoms with Gasteiger partial charge in [-0.2, -0.15) is 0 Å². The summed E-state index contributed by atoms with van der Waals surface area (Å²) in [6.45, 7) is 11.1. The summed E-state index contributed by atoms with van der Waals surface area (Å²) in [6.07, 6.45) is 7.06. The van der Waals surface area contributed by atoms with Gasteiger partial charge in [0, 0.05) is 83.1 Å². The van der Waals surface area contributed by atoms with Gasteiger partial charge in [-0.1, -0.05) is 0 Å². The van der Waals surface area contributed by atoms with Gasteiger partial charge in [-0.05, 0) is 45.7 Å². The van der Waals surface area contributed by atoms with Gasteiger partial charge in [-0.3, -0.25) is 4.79 Å². The fourth-order valence-electron chi connectivity index (χ4n) is 3.59. The van der Waals surface area contributed by atoms with Crippen molar-refractivity contribution >= 4 is 49.7 Å². The normalized spacial score (nSPS) is 21.4. The molecule has 0 bridgehead atoms. The Morgan fingerprint density at radius 3 is 1.87 bits per heavy atom. The highest BCUT2D eigenvalue weighted by Gasteiger charge is 2.26. The van der Waals surface area contributed by atoms with Crippen LogP contribution in [0.1, 0.15) is 20.8 Å². The van der Waals surface area contributed by atoms with Gasteiger partial charge < -0.3 is 20.0 Å². The summed E-state index contributed by atoms with van der Waals surface area (Å²) in [5.41, 5.74) is 0. The van der Waals surface area contributed by atoms with Crippen molar-refractivity contribution in [2.75, 3.05) is 49.1 Å². The number of halogens is 2. The van der Waals surface area contributed by atoms with Crippen LogP contribution in [-0.4, -0.2) is 82.1 Å². The molecule has 168 valence electrons. The van der Waals surface area contributed by atoms with E-state index in [0.717, 1.165) is 60.1 Å². The average molecular weight is 556 g/mol. The molecule has 2 atom stereocenters. The minimum absolute atomic E-state index is 0.133. The van der Waals surface area contributed by atoms with Crippen LogP contribution in [0.15, 0.2) is 33.7 Å². The molecule has 2 aromatic heterocycles. The molecule has 9 nitrogen and oxygen atoms in total. The van der Waals surface area contributed by atoms with E-state index in [1.165, 1.54) is 0 Å². The lowest BCUT2D eigenvalue weighted by Crippen LogP contribution is -2.53. The molecule has 0 spiro atoms. The summed E-state index contributed by atoms with van der Waals surface area (Å²) < 4.78 is 1.79. The van der Waals surface area contributed by atoms with Crippen LogP contribution < -0.4 is 15.1 Å². The van der Waals surface area contributed by atoms with Crippen molar-refractivity contribution < 1.29 is 4.79 Å². The molecular formula is C20H28Br2N8O. The first kappa shape index (κ1) is 23.8. The molecule has 0 aromatic carbocycles. The first-order valence-electron chi connectivity index (χ1n) is 10.3. The number of carbonyl (C=O) groups is 1. The van der Waals surface area contributed by atoms with Gasteiger partial charge in [0.2, 0.25) is 17.8 Å². The minimum atomic E-state index is 0.133. The van der Waals surface area contributed by atoms with E-state index in [1.807, 2.05) is 4.90 Å². The first-order valence-corrected chi connectivity index (χ1v) is 11.9. The molecule has 1 N–H and O–H groups in total. The topological polar surface area (TPSA) is 90.4 Å². The number of aromatic nitrogens is 4. The number of carbonyl (C=O) groups excluding carboxylic acids is 1. The highest BCUT2D eigenvalue weighted by molar-refractivity contribution is 9.10. The Hall–Kier alpha value is -1.85. The smallest absolute Gasteiger partial charge is 0.225 e. The van der Waals surface area contributed by atoms with Crippen LogP contribution in [0.2, 0.25) is 0 Å². The third-order valence-corrected chi connectivity index (χ3v) is 6.12. The maximum atomic E-state index is 11.3. The van der Waals surface area contributed by atoms with Crippen molar-refractivity contribution in [2.24, 2.45) is 0 Å². The van der Waals surface area contributed by atoms with Gasteiger partial charge in [0.15, 0.2) is 0 Å². The molecule has 2 aliphatic rings. The second kappa shape index (κ2) is 11.1. The Morgan fingerprint density at radius 2 is 1.42 bits per heavy atom. The molecule has 1 amide bonds. The SMILES string of the molecule is CC(=O)N1CCN(c2ncc(Br)cn2)[C@@H](C)C1.C[C@H]1CNCCN1c1ncc(Br)cn1. The van der Waals surface area contributed by atoms with E-state index >= 15 is 0 Å². The predicted molar refractivity (Wildman–Crippen MR) is 128 cm³/mol. The largest absolute Gasteiger partial charge is 0.339 e. The third-order valence-electron chi connectivity index (χ3n) is 5.30. The van der Waals surface area contributed by atoms with Crippen LogP contribution >= 0.6 is 31.9 Å². The van der Waals surface area contributed by atoms with Crippen LogP contribution in [-0.2, 0) is 4.79 Å². The number of piperazine rings is 2. The van der Waals surface area contributed by atoms with Crippen molar-refractivity contribution in [1.82, 2.24) is 30.2 Å². The Kier molecular flexibility index (Phi) is 8.56. The van der Waals surface area contributed by atoms with Crippen molar-refractivity contribution in [2.45, 2.75) is 32.9 Å². The Labute approximate surface area is 199 Å².